The molecule has 3 rings (SSSR count). The van der Waals surface area contributed by atoms with Gasteiger partial charge in [0.05, 0.1) is 16.7 Å². The molecule has 7 nitrogen and oxygen atoms in total. The molecule has 0 fully saturated rings. The molecule has 0 aliphatic heterocycles. The van der Waals surface area contributed by atoms with Crippen LogP contribution in [0, 0.1) is 19.8 Å². The van der Waals surface area contributed by atoms with Gasteiger partial charge in [-0.1, -0.05) is 13.8 Å². The summed E-state index contributed by atoms with van der Waals surface area (Å²) in [5.74, 6) is 1.42. The highest BCUT2D eigenvalue weighted by Gasteiger charge is 2.21. The van der Waals surface area contributed by atoms with Crippen molar-refractivity contribution in [3.8, 4) is 11.5 Å². The zero-order valence-corrected chi connectivity index (χ0v) is 17.0. The van der Waals surface area contributed by atoms with Crippen LogP contribution in [0.15, 0.2) is 18.3 Å². The minimum atomic E-state index is -0.308. The lowest BCUT2D eigenvalue weighted by molar-refractivity contribution is 0.0941. The third-order valence-electron chi connectivity index (χ3n) is 4.02. The van der Waals surface area contributed by atoms with E-state index >= 15 is 0 Å². The minimum Gasteiger partial charge on any atom is -0.342 e. The summed E-state index contributed by atoms with van der Waals surface area (Å²) in [5.41, 5.74) is 2.65. The van der Waals surface area contributed by atoms with Crippen LogP contribution < -0.4 is 5.32 Å². The quantitative estimate of drug-likeness (QED) is 0.676. The van der Waals surface area contributed by atoms with Gasteiger partial charge in [-0.25, -0.2) is 9.97 Å². The molecule has 0 bridgehead atoms. The van der Waals surface area contributed by atoms with Crippen LogP contribution in [0.4, 0.5) is 0 Å². The van der Waals surface area contributed by atoms with Gasteiger partial charge < -0.3 is 5.32 Å². The predicted molar refractivity (Wildman–Crippen MR) is 106 cm³/mol. The topological polar surface area (TPSA) is 96.5 Å². The second-order valence-corrected chi connectivity index (χ2v) is 8.27. The van der Waals surface area contributed by atoms with E-state index < -0.39 is 0 Å². The number of rotatable bonds is 6. The molecule has 8 heteroatoms. The van der Waals surface area contributed by atoms with Gasteiger partial charge in [0.25, 0.3) is 5.91 Å². The summed E-state index contributed by atoms with van der Waals surface area (Å²) in [6.45, 7) is 10.0. The normalized spacial score (nSPS) is 12.4. The number of aromatic nitrogens is 5. The Morgan fingerprint density at radius 3 is 2.74 bits per heavy atom. The molecule has 3 heterocycles. The molecule has 142 valence electrons. The summed E-state index contributed by atoms with van der Waals surface area (Å²) in [4.78, 5) is 26.7. The maximum absolute atomic E-state index is 12.8. The molecule has 0 saturated carbocycles. The van der Waals surface area contributed by atoms with Gasteiger partial charge in [0, 0.05) is 6.20 Å². The van der Waals surface area contributed by atoms with E-state index in [0.717, 1.165) is 22.7 Å². The average Bonchev–Trinajstić information content (AvgIpc) is 3.21. The van der Waals surface area contributed by atoms with Crippen LogP contribution in [0.5, 0.6) is 0 Å². The number of carbonyl (C=O) groups is 1. The van der Waals surface area contributed by atoms with E-state index in [1.807, 2.05) is 32.9 Å². The maximum atomic E-state index is 12.8. The Balaban J connectivity index is 1.74. The molecule has 0 aliphatic carbocycles. The molecular weight excluding hydrogens is 360 g/mol. The summed E-state index contributed by atoms with van der Waals surface area (Å²) >= 11 is 1.43. The number of nitrogens with one attached hydrogen (secondary N) is 2. The summed E-state index contributed by atoms with van der Waals surface area (Å²) in [6.07, 6.45) is 2.52. The third-order valence-corrected chi connectivity index (χ3v) is 5.03. The molecule has 1 amide bonds. The van der Waals surface area contributed by atoms with E-state index in [-0.39, 0.29) is 11.9 Å². The van der Waals surface area contributed by atoms with Crippen LogP contribution in [-0.4, -0.2) is 31.1 Å². The zero-order valence-electron chi connectivity index (χ0n) is 16.2. The molecule has 0 aromatic carbocycles. The predicted octanol–water partition coefficient (Wildman–Crippen LogP) is 3.63. The number of H-pyrrole nitrogens is 1. The Kier molecular flexibility index (Phi) is 5.65. The van der Waals surface area contributed by atoms with Crippen molar-refractivity contribution in [3.05, 3.63) is 45.3 Å². The number of hydrogen-bond donors (Lipinski definition) is 2. The summed E-state index contributed by atoms with van der Waals surface area (Å²) in [7, 11) is 0. The van der Waals surface area contributed by atoms with Crippen molar-refractivity contribution < 1.29 is 4.79 Å². The molecule has 0 spiro atoms. The van der Waals surface area contributed by atoms with Crippen molar-refractivity contribution in [2.75, 3.05) is 0 Å². The van der Waals surface area contributed by atoms with Crippen molar-refractivity contribution >= 4 is 17.2 Å². The lowest BCUT2D eigenvalue weighted by atomic mass is 10.1. The van der Waals surface area contributed by atoms with Crippen LogP contribution in [0.3, 0.4) is 0 Å². The van der Waals surface area contributed by atoms with Gasteiger partial charge in [-0.15, -0.1) is 11.3 Å². The molecule has 3 aromatic heterocycles. The fourth-order valence-corrected chi connectivity index (χ4v) is 3.59. The summed E-state index contributed by atoms with van der Waals surface area (Å²) in [6, 6.07) is 3.54. The molecular formula is C19H24N6OS. The second kappa shape index (κ2) is 7.96. The van der Waals surface area contributed by atoms with Crippen molar-refractivity contribution in [1.82, 2.24) is 30.5 Å². The highest BCUT2D eigenvalue weighted by atomic mass is 32.1. The molecule has 1 unspecified atom stereocenters. The van der Waals surface area contributed by atoms with Crippen LogP contribution in [0.25, 0.3) is 11.5 Å². The first-order valence-electron chi connectivity index (χ1n) is 8.96. The molecule has 3 aromatic rings. The van der Waals surface area contributed by atoms with Crippen LogP contribution in [-0.2, 0) is 6.42 Å². The zero-order chi connectivity index (χ0) is 19.6. The van der Waals surface area contributed by atoms with Crippen molar-refractivity contribution in [1.29, 1.82) is 0 Å². The number of nitrogens with zero attached hydrogens (tertiary/aromatic N) is 4. The first-order chi connectivity index (χ1) is 12.8. The highest BCUT2D eigenvalue weighted by Crippen LogP contribution is 2.22. The number of aromatic amines is 1. The fraction of sp³-hybridized carbons (Fsp3) is 0.421. The first kappa shape index (κ1) is 19.2. The van der Waals surface area contributed by atoms with Crippen molar-refractivity contribution in [2.45, 2.75) is 47.1 Å². The van der Waals surface area contributed by atoms with Crippen LogP contribution in [0.1, 0.15) is 58.6 Å². The lowest BCUT2D eigenvalue weighted by Gasteiger charge is -2.11. The van der Waals surface area contributed by atoms with E-state index in [2.05, 4.69) is 44.3 Å². The number of thiazole rings is 1. The van der Waals surface area contributed by atoms with Gasteiger partial charge in [0.2, 0.25) is 0 Å². The van der Waals surface area contributed by atoms with Gasteiger partial charge >= 0.3 is 0 Å². The smallest absolute Gasteiger partial charge is 0.263 e. The third kappa shape index (κ3) is 4.57. The van der Waals surface area contributed by atoms with Gasteiger partial charge in [-0.05, 0) is 50.8 Å². The van der Waals surface area contributed by atoms with Gasteiger partial charge in [0.1, 0.15) is 16.4 Å². The summed E-state index contributed by atoms with van der Waals surface area (Å²) in [5, 5.41) is 11.0. The Hall–Kier alpha value is -2.61. The lowest BCUT2D eigenvalue weighted by Crippen LogP contribution is -2.27. The van der Waals surface area contributed by atoms with Crippen molar-refractivity contribution in [2.24, 2.45) is 5.92 Å². The maximum Gasteiger partial charge on any atom is 0.263 e. The van der Waals surface area contributed by atoms with Crippen molar-refractivity contribution in [3.63, 3.8) is 0 Å². The Morgan fingerprint density at radius 1 is 1.26 bits per heavy atom. The molecule has 2 N–H and O–H groups in total. The monoisotopic (exact) mass is 384 g/mol. The van der Waals surface area contributed by atoms with Crippen LogP contribution >= 0.6 is 11.3 Å². The Morgan fingerprint density at radius 2 is 2.04 bits per heavy atom. The number of amides is 1. The van der Waals surface area contributed by atoms with E-state index in [4.69, 9.17) is 0 Å². The second-order valence-electron chi connectivity index (χ2n) is 7.06. The summed E-state index contributed by atoms with van der Waals surface area (Å²) < 4.78 is 0. The number of hydrogen-bond acceptors (Lipinski definition) is 6. The highest BCUT2D eigenvalue weighted by molar-refractivity contribution is 7.13. The fourth-order valence-electron chi connectivity index (χ4n) is 2.74. The number of pyridine rings is 1. The van der Waals surface area contributed by atoms with E-state index in [9.17, 15) is 4.79 Å². The van der Waals surface area contributed by atoms with Gasteiger partial charge in [-0.3, -0.25) is 14.9 Å². The average molecular weight is 385 g/mol. The van der Waals surface area contributed by atoms with Crippen LogP contribution in [0.2, 0.25) is 0 Å². The molecule has 0 radical (unpaired) electrons. The molecule has 0 saturated heterocycles. The molecule has 0 aliphatic rings. The van der Waals surface area contributed by atoms with Gasteiger partial charge in [0.15, 0.2) is 5.82 Å². The Bertz CT molecular complexity index is 945. The van der Waals surface area contributed by atoms with E-state index in [0.29, 0.717) is 28.1 Å². The standard InChI is InChI=1S/C19H24N6OS/c1-10(2)8-14-16(27-13(5)22-14)19(26)21-12(4)17-23-18(25-24-17)15-9-11(3)6-7-20-15/h6-7,9-10,12H,8H2,1-5H3,(H,21,26)(H,23,24,25). The van der Waals surface area contributed by atoms with Gasteiger partial charge in [-0.2, -0.15) is 5.10 Å². The number of carbonyl (C=O) groups excluding carboxylic acids is 1. The first-order valence-corrected chi connectivity index (χ1v) is 9.77. The Labute approximate surface area is 162 Å². The largest absolute Gasteiger partial charge is 0.342 e. The number of aryl methyl sites for hydroxylation is 2. The molecule has 1 atom stereocenters. The van der Waals surface area contributed by atoms with E-state index in [1.54, 1.807) is 6.20 Å². The van der Waals surface area contributed by atoms with E-state index in [1.165, 1.54) is 11.3 Å². The molecule has 27 heavy (non-hydrogen) atoms. The minimum absolute atomic E-state index is 0.129. The SMILES string of the molecule is Cc1ccnc(-c2n[nH]c(C(C)NC(=O)c3sc(C)nc3CC(C)C)n2)c1.